The molecule has 2 rings (SSSR count). The predicted octanol–water partition coefficient (Wildman–Crippen LogP) is 2.85. The molecule has 1 fully saturated rings. The van der Waals surface area contributed by atoms with Crippen LogP contribution in [0.4, 0.5) is 0 Å². The Hall–Kier alpha value is -2.28. The van der Waals surface area contributed by atoms with Gasteiger partial charge < -0.3 is 25.0 Å². The van der Waals surface area contributed by atoms with Crippen molar-refractivity contribution >= 4 is 11.9 Å². The Bertz CT molecular complexity index is 683. The van der Waals surface area contributed by atoms with E-state index in [0.29, 0.717) is 5.96 Å². The van der Waals surface area contributed by atoms with E-state index in [-0.39, 0.29) is 17.9 Å². The maximum absolute atomic E-state index is 12.0. The summed E-state index contributed by atoms with van der Waals surface area (Å²) < 4.78 is 10.9. The van der Waals surface area contributed by atoms with E-state index in [4.69, 9.17) is 9.47 Å². The molecular formula is C24H40N4O3. The van der Waals surface area contributed by atoms with E-state index in [1.807, 2.05) is 19.1 Å². The molecule has 7 heteroatoms. The van der Waals surface area contributed by atoms with E-state index >= 15 is 0 Å². The fraction of sp³-hybridized carbons (Fsp3) is 0.667. The molecule has 1 aliphatic carbocycles. The number of ether oxygens (including phenoxy) is 2. The average Bonchev–Trinajstić information content (AvgIpc) is 3.24. The number of aliphatic imine (C=N–C) groups is 1. The van der Waals surface area contributed by atoms with Gasteiger partial charge in [-0.15, -0.1) is 0 Å². The number of benzene rings is 1. The summed E-state index contributed by atoms with van der Waals surface area (Å²) in [5.74, 6) is 1.55. The molecule has 1 saturated carbocycles. The minimum atomic E-state index is -0.0109. The molecule has 2 N–H and O–H groups in total. The maximum atomic E-state index is 12.0. The van der Waals surface area contributed by atoms with Crippen molar-refractivity contribution in [2.24, 2.45) is 10.4 Å². The Labute approximate surface area is 187 Å². The van der Waals surface area contributed by atoms with Gasteiger partial charge >= 0.3 is 0 Å². The van der Waals surface area contributed by atoms with Crippen molar-refractivity contribution in [3.63, 3.8) is 0 Å². The van der Waals surface area contributed by atoms with E-state index in [1.165, 1.54) is 31.2 Å². The molecule has 0 spiro atoms. The number of methoxy groups -OCH3 is 1. The highest BCUT2D eigenvalue weighted by Crippen LogP contribution is 2.40. The summed E-state index contributed by atoms with van der Waals surface area (Å²) in [5, 5.41) is 6.93. The van der Waals surface area contributed by atoms with Crippen molar-refractivity contribution < 1.29 is 14.3 Å². The Kier molecular flexibility index (Phi) is 10.6. The number of carbonyl (C=O) groups excluding carboxylic acids is 1. The number of hydrogen-bond acceptors (Lipinski definition) is 4. The van der Waals surface area contributed by atoms with Crippen molar-refractivity contribution in [1.29, 1.82) is 0 Å². The molecule has 0 heterocycles. The second-order valence-electron chi connectivity index (χ2n) is 8.49. The fourth-order valence-corrected chi connectivity index (χ4v) is 3.92. The molecule has 0 aromatic heterocycles. The van der Waals surface area contributed by atoms with Crippen molar-refractivity contribution in [2.75, 3.05) is 54.1 Å². The standard InChI is InChI=1S/C24H40N4O3/c1-5-31-17-15-24(13-6-7-14-24)19-27-23(26-18-22(29)28(2)3)25-16-12-20-8-10-21(30-4)11-9-20/h8-11H,5-7,12-19H2,1-4H3,(H2,25,26,27). The number of carbonyl (C=O) groups is 1. The minimum Gasteiger partial charge on any atom is -0.497 e. The fourth-order valence-electron chi connectivity index (χ4n) is 3.92. The zero-order valence-corrected chi connectivity index (χ0v) is 19.7. The van der Waals surface area contributed by atoms with Gasteiger partial charge in [0.25, 0.3) is 0 Å². The van der Waals surface area contributed by atoms with Crippen LogP contribution in [-0.4, -0.2) is 70.8 Å². The quantitative estimate of drug-likeness (QED) is 0.302. The SMILES string of the molecule is CCOCCC1(CNC(=NCC(=O)N(C)C)NCCc2ccc(OC)cc2)CCCC1. The normalized spacial score (nSPS) is 15.5. The Morgan fingerprint density at radius 2 is 1.87 bits per heavy atom. The number of hydrogen-bond donors (Lipinski definition) is 2. The monoisotopic (exact) mass is 432 g/mol. The zero-order valence-electron chi connectivity index (χ0n) is 19.7. The van der Waals surface area contributed by atoms with Crippen LogP contribution in [0.5, 0.6) is 5.75 Å². The number of amides is 1. The van der Waals surface area contributed by atoms with Crippen molar-refractivity contribution in [2.45, 2.75) is 45.4 Å². The lowest BCUT2D eigenvalue weighted by molar-refractivity contribution is -0.127. The predicted molar refractivity (Wildman–Crippen MR) is 126 cm³/mol. The number of rotatable bonds is 12. The smallest absolute Gasteiger partial charge is 0.243 e. The van der Waals surface area contributed by atoms with E-state index in [1.54, 1.807) is 26.1 Å². The summed E-state index contributed by atoms with van der Waals surface area (Å²) in [6.45, 7) is 5.32. The van der Waals surface area contributed by atoms with Crippen LogP contribution in [0, 0.1) is 5.41 Å². The zero-order chi connectivity index (χ0) is 22.5. The van der Waals surface area contributed by atoms with Gasteiger partial charge in [0, 0.05) is 40.4 Å². The third kappa shape index (κ3) is 8.77. The molecule has 0 unspecified atom stereocenters. The van der Waals surface area contributed by atoms with Crippen LogP contribution < -0.4 is 15.4 Å². The second kappa shape index (κ2) is 13.2. The Balaban J connectivity index is 1.94. The molecular weight excluding hydrogens is 392 g/mol. The first kappa shape index (κ1) is 25.0. The van der Waals surface area contributed by atoms with Gasteiger partial charge in [-0.05, 0) is 55.7 Å². The lowest BCUT2D eigenvalue weighted by Gasteiger charge is -2.30. The second-order valence-corrected chi connectivity index (χ2v) is 8.49. The third-order valence-corrected chi connectivity index (χ3v) is 6.01. The highest BCUT2D eigenvalue weighted by molar-refractivity contribution is 5.84. The van der Waals surface area contributed by atoms with E-state index < -0.39 is 0 Å². The molecule has 0 bridgehead atoms. The summed E-state index contributed by atoms with van der Waals surface area (Å²) in [6.07, 6.45) is 6.88. The first-order valence-corrected chi connectivity index (χ1v) is 11.4. The average molecular weight is 433 g/mol. The van der Waals surface area contributed by atoms with Gasteiger partial charge in [0.05, 0.1) is 7.11 Å². The van der Waals surface area contributed by atoms with Crippen LogP contribution in [0.25, 0.3) is 0 Å². The Morgan fingerprint density at radius 1 is 1.16 bits per heavy atom. The van der Waals surface area contributed by atoms with Crippen LogP contribution in [0.3, 0.4) is 0 Å². The molecule has 0 atom stereocenters. The van der Waals surface area contributed by atoms with E-state index in [2.05, 4.69) is 27.8 Å². The minimum absolute atomic E-state index is 0.0109. The first-order valence-electron chi connectivity index (χ1n) is 11.4. The molecule has 0 aliphatic heterocycles. The molecule has 1 aromatic rings. The summed E-state index contributed by atoms with van der Waals surface area (Å²) >= 11 is 0. The maximum Gasteiger partial charge on any atom is 0.243 e. The first-order chi connectivity index (χ1) is 15.0. The van der Waals surface area contributed by atoms with Crippen molar-refractivity contribution in [1.82, 2.24) is 15.5 Å². The van der Waals surface area contributed by atoms with Crippen molar-refractivity contribution in [3.05, 3.63) is 29.8 Å². The number of likely N-dealkylation sites (N-methyl/N-ethyl adjacent to an activating group) is 1. The van der Waals surface area contributed by atoms with Crippen LogP contribution in [0.15, 0.2) is 29.3 Å². The molecule has 31 heavy (non-hydrogen) atoms. The summed E-state index contributed by atoms with van der Waals surface area (Å²) in [5.41, 5.74) is 1.47. The van der Waals surface area contributed by atoms with Gasteiger partial charge in [0.2, 0.25) is 5.91 Å². The van der Waals surface area contributed by atoms with Gasteiger partial charge in [-0.25, -0.2) is 4.99 Å². The number of nitrogens with zero attached hydrogens (tertiary/aromatic N) is 2. The lowest BCUT2D eigenvalue weighted by atomic mass is 9.83. The Morgan fingerprint density at radius 3 is 2.48 bits per heavy atom. The van der Waals surface area contributed by atoms with Crippen LogP contribution in [-0.2, 0) is 16.0 Å². The molecule has 0 radical (unpaired) electrons. The van der Waals surface area contributed by atoms with E-state index in [9.17, 15) is 4.79 Å². The topological polar surface area (TPSA) is 75.2 Å². The van der Waals surface area contributed by atoms with Crippen LogP contribution in [0.2, 0.25) is 0 Å². The largest absolute Gasteiger partial charge is 0.497 e. The summed E-state index contributed by atoms with van der Waals surface area (Å²) in [4.78, 5) is 18.1. The highest BCUT2D eigenvalue weighted by atomic mass is 16.5. The third-order valence-electron chi connectivity index (χ3n) is 6.01. The van der Waals surface area contributed by atoms with Crippen LogP contribution in [0.1, 0.15) is 44.6 Å². The summed E-state index contributed by atoms with van der Waals surface area (Å²) in [6, 6.07) is 8.09. The lowest BCUT2D eigenvalue weighted by Crippen LogP contribution is -2.44. The van der Waals surface area contributed by atoms with E-state index in [0.717, 1.165) is 44.9 Å². The molecule has 174 valence electrons. The molecule has 1 aromatic carbocycles. The highest BCUT2D eigenvalue weighted by Gasteiger charge is 2.33. The van der Waals surface area contributed by atoms with Gasteiger partial charge in [-0.1, -0.05) is 25.0 Å². The molecule has 1 aliphatic rings. The van der Waals surface area contributed by atoms with Gasteiger partial charge in [-0.2, -0.15) is 0 Å². The van der Waals surface area contributed by atoms with Crippen LogP contribution >= 0.6 is 0 Å². The summed E-state index contributed by atoms with van der Waals surface area (Å²) in [7, 11) is 5.18. The molecule has 0 saturated heterocycles. The van der Waals surface area contributed by atoms with Gasteiger partial charge in [0.15, 0.2) is 5.96 Å². The molecule has 7 nitrogen and oxygen atoms in total. The number of guanidine groups is 1. The molecule has 1 amide bonds. The van der Waals surface area contributed by atoms with Gasteiger partial charge in [-0.3, -0.25) is 4.79 Å². The van der Waals surface area contributed by atoms with Gasteiger partial charge in [0.1, 0.15) is 12.3 Å². The number of nitrogens with one attached hydrogen (secondary N) is 2. The van der Waals surface area contributed by atoms with Crippen molar-refractivity contribution in [3.8, 4) is 5.75 Å².